The first-order valence-electron chi connectivity index (χ1n) is 6.51. The molecule has 0 saturated carbocycles. The average Bonchev–Trinajstić information content (AvgIpc) is 2.97. The summed E-state index contributed by atoms with van der Waals surface area (Å²) in [4.78, 5) is 27.8. The Balaban J connectivity index is 2.11. The van der Waals surface area contributed by atoms with Crippen LogP contribution >= 0.6 is 27.3 Å². The van der Waals surface area contributed by atoms with Crippen LogP contribution in [0.4, 0.5) is 5.13 Å². The molecule has 116 valence electrons. The van der Waals surface area contributed by atoms with Gasteiger partial charge in [0.05, 0.1) is 12.1 Å². The SMILES string of the molecule is CCC(C(=O)Nc1ncc(C(=O)NO)s1)c1ccc(Br)cc1. The van der Waals surface area contributed by atoms with E-state index < -0.39 is 5.91 Å². The molecular weight excluding hydrogens is 370 g/mol. The molecule has 3 N–H and O–H groups in total. The first kappa shape index (κ1) is 16.6. The molecule has 1 atom stereocenters. The zero-order chi connectivity index (χ0) is 16.1. The fourth-order valence-electron chi connectivity index (χ4n) is 1.95. The molecule has 6 nitrogen and oxygen atoms in total. The van der Waals surface area contributed by atoms with Crippen LogP contribution in [0.15, 0.2) is 34.9 Å². The highest BCUT2D eigenvalue weighted by Gasteiger charge is 2.20. The van der Waals surface area contributed by atoms with Crippen molar-refractivity contribution in [1.29, 1.82) is 0 Å². The molecule has 1 aromatic carbocycles. The first-order valence-corrected chi connectivity index (χ1v) is 8.12. The van der Waals surface area contributed by atoms with Crippen molar-refractivity contribution in [2.45, 2.75) is 19.3 Å². The molecule has 0 aliphatic carbocycles. The number of nitrogens with one attached hydrogen (secondary N) is 2. The number of carbonyl (C=O) groups is 2. The second-order valence-corrected chi connectivity index (χ2v) is 6.42. The van der Waals surface area contributed by atoms with Crippen molar-refractivity contribution in [1.82, 2.24) is 10.5 Å². The maximum atomic E-state index is 12.4. The number of nitrogens with zero attached hydrogens (tertiary/aromatic N) is 1. The molecule has 0 saturated heterocycles. The van der Waals surface area contributed by atoms with Gasteiger partial charge < -0.3 is 5.32 Å². The molecule has 8 heteroatoms. The van der Waals surface area contributed by atoms with E-state index in [0.29, 0.717) is 11.6 Å². The van der Waals surface area contributed by atoms with E-state index in [0.717, 1.165) is 21.4 Å². The van der Waals surface area contributed by atoms with Gasteiger partial charge in [0.25, 0.3) is 5.91 Å². The summed E-state index contributed by atoms with van der Waals surface area (Å²) in [5.41, 5.74) is 2.44. The Labute approximate surface area is 139 Å². The van der Waals surface area contributed by atoms with Gasteiger partial charge >= 0.3 is 0 Å². The van der Waals surface area contributed by atoms with Crippen molar-refractivity contribution >= 4 is 44.2 Å². The molecule has 0 fully saturated rings. The normalized spacial score (nSPS) is 11.8. The molecule has 0 radical (unpaired) electrons. The summed E-state index contributed by atoms with van der Waals surface area (Å²) in [6, 6.07) is 7.56. The molecular formula is C14H14BrN3O3S. The van der Waals surface area contributed by atoms with Crippen LogP contribution in [0.5, 0.6) is 0 Å². The Bertz CT molecular complexity index is 672. The molecule has 0 spiro atoms. The van der Waals surface area contributed by atoms with Gasteiger partial charge in [-0.3, -0.25) is 14.8 Å². The molecule has 2 rings (SSSR count). The maximum absolute atomic E-state index is 12.4. The van der Waals surface area contributed by atoms with Gasteiger partial charge in [0, 0.05) is 4.47 Å². The summed E-state index contributed by atoms with van der Waals surface area (Å²) in [5, 5.41) is 11.6. The van der Waals surface area contributed by atoms with E-state index >= 15 is 0 Å². The number of hydrogen-bond donors (Lipinski definition) is 3. The highest BCUT2D eigenvalue weighted by atomic mass is 79.9. The molecule has 1 heterocycles. The summed E-state index contributed by atoms with van der Waals surface area (Å²) in [6.07, 6.45) is 1.94. The number of thiazole rings is 1. The van der Waals surface area contributed by atoms with E-state index in [-0.39, 0.29) is 16.7 Å². The summed E-state index contributed by atoms with van der Waals surface area (Å²) < 4.78 is 0.950. The number of halogens is 1. The van der Waals surface area contributed by atoms with E-state index in [1.807, 2.05) is 31.2 Å². The van der Waals surface area contributed by atoms with Gasteiger partial charge in [-0.05, 0) is 24.1 Å². The number of carbonyl (C=O) groups excluding carboxylic acids is 2. The quantitative estimate of drug-likeness (QED) is 0.546. The van der Waals surface area contributed by atoms with Crippen LogP contribution in [-0.4, -0.2) is 22.0 Å². The van der Waals surface area contributed by atoms with Crippen molar-refractivity contribution in [3.63, 3.8) is 0 Å². The highest BCUT2D eigenvalue weighted by Crippen LogP contribution is 2.25. The third-order valence-electron chi connectivity index (χ3n) is 3.06. The van der Waals surface area contributed by atoms with Gasteiger partial charge in [0.1, 0.15) is 4.88 Å². The maximum Gasteiger partial charge on any atom is 0.286 e. The number of amides is 2. The van der Waals surface area contributed by atoms with Gasteiger partial charge in [0.15, 0.2) is 5.13 Å². The first-order chi connectivity index (χ1) is 10.5. The summed E-state index contributed by atoms with van der Waals surface area (Å²) >= 11 is 4.36. The molecule has 22 heavy (non-hydrogen) atoms. The van der Waals surface area contributed by atoms with Gasteiger partial charge in [0.2, 0.25) is 5.91 Å². The van der Waals surface area contributed by atoms with Crippen LogP contribution in [0, 0.1) is 0 Å². The predicted octanol–water partition coefficient (Wildman–Crippen LogP) is 3.16. The Kier molecular flexibility index (Phi) is 5.64. The fourth-order valence-corrected chi connectivity index (χ4v) is 2.93. The minimum absolute atomic E-state index is 0.185. The predicted molar refractivity (Wildman–Crippen MR) is 87.2 cm³/mol. The summed E-state index contributed by atoms with van der Waals surface area (Å²) in [5.74, 6) is -1.14. The highest BCUT2D eigenvalue weighted by molar-refractivity contribution is 9.10. The van der Waals surface area contributed by atoms with E-state index in [1.54, 1.807) is 0 Å². The Hall–Kier alpha value is -1.77. The van der Waals surface area contributed by atoms with Crippen LogP contribution in [-0.2, 0) is 4.79 Å². The smallest absolute Gasteiger partial charge is 0.286 e. The summed E-state index contributed by atoms with van der Waals surface area (Å²) in [6.45, 7) is 1.93. The molecule has 2 amide bonds. The van der Waals surface area contributed by atoms with Gasteiger partial charge in [-0.25, -0.2) is 10.5 Å². The number of benzene rings is 1. The van der Waals surface area contributed by atoms with Crippen LogP contribution in [0.1, 0.15) is 34.5 Å². The standard InChI is InChI=1S/C14H14BrN3O3S/c1-2-10(8-3-5-9(15)6-4-8)12(19)17-14-16-7-11(22-14)13(20)18-21/h3-7,10,21H,2H2,1H3,(H,18,20)(H,16,17,19). The van der Waals surface area contributed by atoms with E-state index in [9.17, 15) is 9.59 Å². The molecule has 1 unspecified atom stereocenters. The lowest BCUT2D eigenvalue weighted by molar-refractivity contribution is -0.117. The number of hydroxylamine groups is 1. The number of rotatable bonds is 5. The van der Waals surface area contributed by atoms with E-state index in [4.69, 9.17) is 5.21 Å². The van der Waals surface area contributed by atoms with Crippen molar-refractivity contribution in [3.05, 3.63) is 45.4 Å². The van der Waals surface area contributed by atoms with Crippen molar-refractivity contribution in [2.24, 2.45) is 0 Å². The average molecular weight is 384 g/mol. The van der Waals surface area contributed by atoms with Crippen molar-refractivity contribution < 1.29 is 14.8 Å². The Morgan fingerprint density at radius 1 is 1.36 bits per heavy atom. The number of aromatic nitrogens is 1. The largest absolute Gasteiger partial charge is 0.301 e. The van der Waals surface area contributed by atoms with Crippen LogP contribution in [0.25, 0.3) is 0 Å². The van der Waals surface area contributed by atoms with Crippen LogP contribution in [0.3, 0.4) is 0 Å². The third-order valence-corrected chi connectivity index (χ3v) is 4.50. The van der Waals surface area contributed by atoms with Crippen molar-refractivity contribution in [2.75, 3.05) is 5.32 Å². The molecule has 1 aromatic heterocycles. The van der Waals surface area contributed by atoms with Crippen LogP contribution in [0.2, 0.25) is 0 Å². The summed E-state index contributed by atoms with van der Waals surface area (Å²) in [7, 11) is 0. The second kappa shape index (κ2) is 7.48. The van der Waals surface area contributed by atoms with Gasteiger partial charge in [-0.2, -0.15) is 0 Å². The van der Waals surface area contributed by atoms with Crippen LogP contribution < -0.4 is 10.8 Å². The monoisotopic (exact) mass is 383 g/mol. The lowest BCUT2D eigenvalue weighted by Crippen LogP contribution is -2.20. The third kappa shape index (κ3) is 3.90. The minimum Gasteiger partial charge on any atom is -0.301 e. The number of hydrogen-bond acceptors (Lipinski definition) is 5. The lowest BCUT2D eigenvalue weighted by Gasteiger charge is -2.14. The fraction of sp³-hybridized carbons (Fsp3) is 0.214. The molecule has 0 aliphatic heterocycles. The molecule has 0 aliphatic rings. The molecule has 0 bridgehead atoms. The zero-order valence-electron chi connectivity index (χ0n) is 11.7. The van der Waals surface area contributed by atoms with Gasteiger partial charge in [-0.1, -0.05) is 46.3 Å². The Morgan fingerprint density at radius 2 is 2.05 bits per heavy atom. The minimum atomic E-state index is -0.655. The van der Waals surface area contributed by atoms with Crippen molar-refractivity contribution in [3.8, 4) is 0 Å². The molecule has 2 aromatic rings. The second-order valence-electron chi connectivity index (χ2n) is 4.47. The zero-order valence-corrected chi connectivity index (χ0v) is 14.1. The Morgan fingerprint density at radius 3 is 2.64 bits per heavy atom. The van der Waals surface area contributed by atoms with Gasteiger partial charge in [-0.15, -0.1) is 0 Å². The topological polar surface area (TPSA) is 91.3 Å². The van der Waals surface area contributed by atoms with E-state index in [1.165, 1.54) is 11.7 Å². The van der Waals surface area contributed by atoms with E-state index in [2.05, 4.69) is 26.2 Å². The number of anilines is 1. The lowest BCUT2D eigenvalue weighted by atomic mass is 9.96.